The highest BCUT2D eigenvalue weighted by Crippen LogP contribution is 2.20. The van der Waals surface area contributed by atoms with Crippen LogP contribution in [0.2, 0.25) is 0 Å². The van der Waals surface area contributed by atoms with E-state index < -0.39 is 0 Å². The molecule has 0 saturated heterocycles. The molecule has 1 heterocycles. The SMILES string of the molecule is COC(C)c1nnc(C(C)OC)n1/N=C/c1ccccc1. The van der Waals surface area contributed by atoms with Gasteiger partial charge in [0.15, 0.2) is 11.6 Å². The Morgan fingerprint density at radius 2 is 1.52 bits per heavy atom. The number of aromatic nitrogens is 3. The summed E-state index contributed by atoms with van der Waals surface area (Å²) >= 11 is 0. The third-order valence-corrected chi connectivity index (χ3v) is 3.25. The topological polar surface area (TPSA) is 61.5 Å². The molecule has 0 N–H and O–H groups in total. The second kappa shape index (κ2) is 7.10. The smallest absolute Gasteiger partial charge is 0.183 e. The van der Waals surface area contributed by atoms with Crippen molar-refractivity contribution >= 4 is 6.21 Å². The van der Waals surface area contributed by atoms with Gasteiger partial charge in [0.25, 0.3) is 0 Å². The lowest BCUT2D eigenvalue weighted by Gasteiger charge is -2.12. The molecule has 6 nitrogen and oxygen atoms in total. The molecule has 0 fully saturated rings. The van der Waals surface area contributed by atoms with Gasteiger partial charge in [-0.3, -0.25) is 0 Å². The van der Waals surface area contributed by atoms with Crippen LogP contribution in [0.5, 0.6) is 0 Å². The number of hydrogen-bond acceptors (Lipinski definition) is 5. The number of hydrogen-bond donors (Lipinski definition) is 0. The molecule has 6 heteroatoms. The van der Waals surface area contributed by atoms with Gasteiger partial charge in [-0.15, -0.1) is 10.2 Å². The largest absolute Gasteiger partial charge is 0.374 e. The zero-order valence-corrected chi connectivity index (χ0v) is 12.7. The summed E-state index contributed by atoms with van der Waals surface area (Å²) in [6, 6.07) is 9.85. The normalized spacial score (nSPS) is 14.5. The van der Waals surface area contributed by atoms with Crippen LogP contribution in [-0.4, -0.2) is 35.3 Å². The molecule has 0 amide bonds. The van der Waals surface area contributed by atoms with Gasteiger partial charge in [-0.2, -0.15) is 9.78 Å². The number of methoxy groups -OCH3 is 2. The molecule has 2 unspecified atom stereocenters. The average Bonchev–Trinajstić information content (AvgIpc) is 2.96. The van der Waals surface area contributed by atoms with Crippen LogP contribution in [0.1, 0.15) is 43.3 Å². The van der Waals surface area contributed by atoms with Crippen molar-refractivity contribution in [2.45, 2.75) is 26.1 Å². The van der Waals surface area contributed by atoms with E-state index in [2.05, 4.69) is 15.3 Å². The fourth-order valence-electron chi connectivity index (χ4n) is 1.80. The standard InChI is InChI=1S/C15H20N4O2/c1-11(20-3)14-17-18-15(12(2)21-4)19(14)16-10-13-8-6-5-7-9-13/h5-12H,1-4H3/b16-10+. The van der Waals surface area contributed by atoms with Crippen LogP contribution in [0.3, 0.4) is 0 Å². The van der Waals surface area contributed by atoms with E-state index in [-0.39, 0.29) is 12.2 Å². The highest BCUT2D eigenvalue weighted by molar-refractivity contribution is 5.79. The molecule has 112 valence electrons. The van der Waals surface area contributed by atoms with Crippen LogP contribution in [0.4, 0.5) is 0 Å². The van der Waals surface area contributed by atoms with Gasteiger partial charge in [-0.05, 0) is 19.4 Å². The molecule has 0 bridgehead atoms. The zero-order chi connectivity index (χ0) is 15.2. The van der Waals surface area contributed by atoms with Crippen molar-refractivity contribution in [1.82, 2.24) is 14.9 Å². The maximum atomic E-state index is 5.32. The van der Waals surface area contributed by atoms with Crippen LogP contribution in [0.25, 0.3) is 0 Å². The van der Waals surface area contributed by atoms with E-state index >= 15 is 0 Å². The van der Waals surface area contributed by atoms with Crippen molar-refractivity contribution < 1.29 is 9.47 Å². The quantitative estimate of drug-likeness (QED) is 0.766. The van der Waals surface area contributed by atoms with Gasteiger partial charge in [0.1, 0.15) is 12.2 Å². The molecule has 1 aromatic carbocycles. The van der Waals surface area contributed by atoms with E-state index in [1.54, 1.807) is 25.1 Å². The van der Waals surface area contributed by atoms with E-state index in [4.69, 9.17) is 9.47 Å². The Hall–Kier alpha value is -2.05. The van der Waals surface area contributed by atoms with Gasteiger partial charge >= 0.3 is 0 Å². The Bertz CT molecular complexity index is 567. The third kappa shape index (κ3) is 3.53. The molecule has 0 spiro atoms. The van der Waals surface area contributed by atoms with Crippen LogP contribution in [0, 0.1) is 0 Å². The second-order valence-electron chi connectivity index (χ2n) is 4.64. The van der Waals surface area contributed by atoms with E-state index in [9.17, 15) is 0 Å². The first-order valence-corrected chi connectivity index (χ1v) is 6.77. The molecular formula is C15H20N4O2. The lowest BCUT2D eigenvalue weighted by atomic mass is 10.2. The van der Waals surface area contributed by atoms with Gasteiger partial charge in [-0.1, -0.05) is 30.3 Å². The summed E-state index contributed by atoms with van der Waals surface area (Å²) < 4.78 is 12.3. The molecule has 2 rings (SSSR count). The maximum absolute atomic E-state index is 5.32. The van der Waals surface area contributed by atoms with Crippen molar-refractivity contribution in [2.75, 3.05) is 14.2 Å². The van der Waals surface area contributed by atoms with Gasteiger partial charge in [0, 0.05) is 14.2 Å². The van der Waals surface area contributed by atoms with Crippen molar-refractivity contribution in [1.29, 1.82) is 0 Å². The molecule has 0 aliphatic rings. The zero-order valence-electron chi connectivity index (χ0n) is 12.7. The maximum Gasteiger partial charge on any atom is 0.183 e. The number of rotatable bonds is 6. The Morgan fingerprint density at radius 3 is 2.00 bits per heavy atom. The molecule has 21 heavy (non-hydrogen) atoms. The van der Waals surface area contributed by atoms with E-state index in [0.717, 1.165) is 5.56 Å². The molecule has 2 atom stereocenters. The minimum absolute atomic E-state index is 0.205. The first-order chi connectivity index (χ1) is 10.2. The fourth-order valence-corrected chi connectivity index (χ4v) is 1.80. The highest BCUT2D eigenvalue weighted by Gasteiger charge is 2.20. The highest BCUT2D eigenvalue weighted by atomic mass is 16.5. The van der Waals surface area contributed by atoms with E-state index in [1.165, 1.54) is 0 Å². The van der Waals surface area contributed by atoms with Crippen molar-refractivity contribution in [3.05, 3.63) is 47.5 Å². The van der Waals surface area contributed by atoms with Crippen LogP contribution in [0.15, 0.2) is 35.4 Å². The van der Waals surface area contributed by atoms with Crippen molar-refractivity contribution in [3.63, 3.8) is 0 Å². The fraction of sp³-hybridized carbons (Fsp3) is 0.400. The minimum atomic E-state index is -0.205. The van der Waals surface area contributed by atoms with Gasteiger partial charge in [0.2, 0.25) is 0 Å². The molecule has 2 aromatic rings. The Balaban J connectivity index is 2.39. The first-order valence-electron chi connectivity index (χ1n) is 6.77. The van der Waals surface area contributed by atoms with Gasteiger partial charge in [0.05, 0.1) is 6.21 Å². The van der Waals surface area contributed by atoms with Crippen molar-refractivity contribution in [2.24, 2.45) is 5.10 Å². The molecule has 0 saturated carbocycles. The summed E-state index contributed by atoms with van der Waals surface area (Å²) in [6.45, 7) is 3.81. The lowest BCUT2D eigenvalue weighted by molar-refractivity contribution is 0.101. The number of benzene rings is 1. The molecule has 0 aliphatic carbocycles. The predicted octanol–water partition coefficient (Wildman–Crippen LogP) is 2.58. The monoisotopic (exact) mass is 288 g/mol. The van der Waals surface area contributed by atoms with E-state index in [1.807, 2.05) is 44.2 Å². The van der Waals surface area contributed by atoms with Crippen LogP contribution >= 0.6 is 0 Å². The van der Waals surface area contributed by atoms with Crippen molar-refractivity contribution in [3.8, 4) is 0 Å². The molecule has 0 aliphatic heterocycles. The number of ether oxygens (including phenoxy) is 2. The van der Waals surface area contributed by atoms with Gasteiger partial charge < -0.3 is 9.47 Å². The number of nitrogens with zero attached hydrogens (tertiary/aromatic N) is 4. The van der Waals surface area contributed by atoms with Crippen LogP contribution in [-0.2, 0) is 9.47 Å². The summed E-state index contributed by atoms with van der Waals surface area (Å²) in [6.07, 6.45) is 1.35. The lowest BCUT2D eigenvalue weighted by Crippen LogP contribution is -2.10. The Kier molecular flexibility index (Phi) is 5.19. The molecule has 1 aromatic heterocycles. The van der Waals surface area contributed by atoms with Gasteiger partial charge in [-0.25, -0.2) is 0 Å². The summed E-state index contributed by atoms with van der Waals surface area (Å²) in [5.74, 6) is 1.28. The predicted molar refractivity (Wildman–Crippen MR) is 80.3 cm³/mol. The molecule has 0 radical (unpaired) electrons. The summed E-state index contributed by atoms with van der Waals surface area (Å²) in [5, 5.41) is 12.8. The minimum Gasteiger partial charge on any atom is -0.374 e. The summed E-state index contributed by atoms with van der Waals surface area (Å²) in [5.41, 5.74) is 0.998. The second-order valence-corrected chi connectivity index (χ2v) is 4.64. The Labute approximate surface area is 124 Å². The van der Waals surface area contributed by atoms with Crippen LogP contribution < -0.4 is 0 Å². The first kappa shape index (κ1) is 15.3. The Morgan fingerprint density at radius 1 is 1.00 bits per heavy atom. The average molecular weight is 288 g/mol. The summed E-state index contributed by atoms with van der Waals surface area (Å²) in [7, 11) is 3.26. The van der Waals surface area contributed by atoms with E-state index in [0.29, 0.717) is 11.6 Å². The summed E-state index contributed by atoms with van der Waals surface area (Å²) in [4.78, 5) is 0. The third-order valence-electron chi connectivity index (χ3n) is 3.25. The molecular weight excluding hydrogens is 268 g/mol.